The van der Waals surface area contributed by atoms with E-state index in [0.717, 1.165) is 68.1 Å². The zero-order chi connectivity index (χ0) is 36.5. The first-order valence-corrected chi connectivity index (χ1v) is 20.6. The van der Waals surface area contributed by atoms with E-state index in [1.807, 2.05) is 0 Å². The summed E-state index contributed by atoms with van der Waals surface area (Å²) in [5.41, 5.74) is 0.843. The van der Waals surface area contributed by atoms with Crippen LogP contribution in [0.4, 0.5) is 0 Å². The van der Waals surface area contributed by atoms with Crippen molar-refractivity contribution in [3.05, 3.63) is 24.3 Å². The predicted molar refractivity (Wildman–Crippen MR) is 201 cm³/mol. The van der Waals surface area contributed by atoms with Gasteiger partial charge in [-0.05, 0) is 138 Å². The van der Waals surface area contributed by atoms with Gasteiger partial charge in [-0.15, -0.1) is 0 Å². The molecule has 3 rings (SSSR count). The third kappa shape index (κ3) is 13.7. The van der Waals surface area contributed by atoms with Crippen LogP contribution in [0.25, 0.3) is 0 Å². The number of rotatable bonds is 22. The lowest BCUT2D eigenvalue weighted by Crippen LogP contribution is -2.44. The Balaban J connectivity index is 1.77. The van der Waals surface area contributed by atoms with Crippen molar-refractivity contribution in [3.8, 4) is 0 Å². The second kappa shape index (κ2) is 23.1. The smallest absolute Gasteiger partial charge is 0.333 e. The van der Waals surface area contributed by atoms with E-state index < -0.39 is 0 Å². The Morgan fingerprint density at radius 1 is 0.660 bits per heavy atom. The second-order valence-corrected chi connectivity index (χ2v) is 16.6. The van der Waals surface area contributed by atoms with Gasteiger partial charge in [0.05, 0.1) is 19.3 Å². The molecule has 5 atom stereocenters. The minimum absolute atomic E-state index is 0.0391. The van der Waals surface area contributed by atoms with Crippen LogP contribution in [-0.4, -0.2) is 61.3 Å². The highest BCUT2D eigenvalue weighted by Crippen LogP contribution is 2.52. The molecule has 0 aliphatic heterocycles. The van der Waals surface area contributed by atoms with Crippen molar-refractivity contribution < 1.29 is 34.0 Å². The van der Waals surface area contributed by atoms with Crippen LogP contribution in [0.5, 0.6) is 0 Å². The van der Waals surface area contributed by atoms with Crippen LogP contribution in [0.3, 0.4) is 0 Å². The largest absolute Gasteiger partial charge is 0.462 e. The third-order valence-corrected chi connectivity index (χ3v) is 12.7. The Morgan fingerprint density at radius 2 is 1.18 bits per heavy atom. The molecule has 0 bridgehead atoms. The molecule has 0 heterocycles. The molecule has 5 unspecified atom stereocenters. The lowest BCUT2D eigenvalue weighted by Gasteiger charge is -2.49. The standard InChI is InChI=1S/C43H74O7/c1-7-11-32-15-17-34(18-16-32)35-19-20-40(36(25-35)12-8-2)39-26-37(13-9-22-49-42(46)30(3)4)41(48-24-21-33(28-44)29-45)38(27-39)14-10-23-50-43(47)31(5)6/h32-41,44-45H,3,5,7-29H2,1-2,4,6H3. The molecule has 3 saturated carbocycles. The highest BCUT2D eigenvalue weighted by molar-refractivity contribution is 5.87. The van der Waals surface area contributed by atoms with Gasteiger partial charge < -0.3 is 24.4 Å². The molecule has 0 aromatic rings. The fourth-order valence-corrected chi connectivity index (χ4v) is 10.0. The SMILES string of the molecule is C=C(C)C(=O)OCCCC1CC(C2CCC(C3CCC(CCC)CC3)CC2CCC)CC(CCCOC(=O)C(=C)C)C1OCCC(CO)CO. The number of hydrogen-bond donors (Lipinski definition) is 2. The molecule has 2 N–H and O–H groups in total. The third-order valence-electron chi connectivity index (χ3n) is 12.7. The maximum atomic E-state index is 12.1. The summed E-state index contributed by atoms with van der Waals surface area (Å²) in [7, 11) is 0. The van der Waals surface area contributed by atoms with Crippen molar-refractivity contribution in [3.63, 3.8) is 0 Å². The summed E-state index contributed by atoms with van der Waals surface area (Å²) in [6.45, 7) is 16.7. The van der Waals surface area contributed by atoms with Gasteiger partial charge in [-0.1, -0.05) is 65.5 Å². The first-order valence-electron chi connectivity index (χ1n) is 20.6. The lowest BCUT2D eigenvalue weighted by molar-refractivity contribution is -0.139. The normalized spacial score (nSPS) is 30.2. The fourth-order valence-electron chi connectivity index (χ4n) is 10.0. The number of aliphatic hydroxyl groups excluding tert-OH is 2. The van der Waals surface area contributed by atoms with Crippen LogP contribution in [-0.2, 0) is 23.8 Å². The predicted octanol–water partition coefficient (Wildman–Crippen LogP) is 9.24. The average molecular weight is 703 g/mol. The van der Waals surface area contributed by atoms with Crippen LogP contribution in [0.15, 0.2) is 24.3 Å². The van der Waals surface area contributed by atoms with Crippen molar-refractivity contribution >= 4 is 11.9 Å². The van der Waals surface area contributed by atoms with Gasteiger partial charge in [0.15, 0.2) is 0 Å². The molecular weight excluding hydrogens is 628 g/mol. The molecule has 3 aliphatic carbocycles. The van der Waals surface area contributed by atoms with Crippen molar-refractivity contribution in [2.75, 3.05) is 33.0 Å². The van der Waals surface area contributed by atoms with E-state index >= 15 is 0 Å². The Morgan fingerprint density at radius 3 is 1.68 bits per heavy atom. The van der Waals surface area contributed by atoms with E-state index in [2.05, 4.69) is 27.0 Å². The zero-order valence-electron chi connectivity index (χ0n) is 32.4. The van der Waals surface area contributed by atoms with E-state index in [-0.39, 0.29) is 37.2 Å². The Kier molecular flexibility index (Phi) is 19.7. The summed E-state index contributed by atoms with van der Waals surface area (Å²) in [4.78, 5) is 24.2. The van der Waals surface area contributed by atoms with Gasteiger partial charge in [-0.3, -0.25) is 0 Å². The Labute approximate surface area is 305 Å². The molecule has 0 radical (unpaired) electrons. The van der Waals surface area contributed by atoms with Gasteiger partial charge in [0.1, 0.15) is 0 Å². The number of aliphatic hydroxyl groups is 2. The summed E-state index contributed by atoms with van der Waals surface area (Å²) in [6, 6.07) is 0. The van der Waals surface area contributed by atoms with Gasteiger partial charge in [0.25, 0.3) is 0 Å². The van der Waals surface area contributed by atoms with Crippen molar-refractivity contribution in [1.82, 2.24) is 0 Å². The van der Waals surface area contributed by atoms with Crippen molar-refractivity contribution in [2.45, 2.75) is 149 Å². The quantitative estimate of drug-likeness (QED) is 0.0659. The van der Waals surface area contributed by atoms with Gasteiger partial charge >= 0.3 is 11.9 Å². The fraction of sp³-hybridized carbons (Fsp3) is 0.860. The van der Waals surface area contributed by atoms with E-state index in [0.29, 0.717) is 55.1 Å². The summed E-state index contributed by atoms with van der Waals surface area (Å²) in [5, 5.41) is 19.4. The van der Waals surface area contributed by atoms with Crippen molar-refractivity contribution in [2.24, 2.45) is 53.3 Å². The average Bonchev–Trinajstić information content (AvgIpc) is 3.11. The van der Waals surface area contributed by atoms with E-state index in [1.54, 1.807) is 13.8 Å². The zero-order valence-corrected chi connectivity index (χ0v) is 32.4. The number of ether oxygens (including phenoxy) is 3. The van der Waals surface area contributed by atoms with E-state index in [1.165, 1.54) is 70.6 Å². The molecule has 0 aromatic heterocycles. The van der Waals surface area contributed by atoms with Crippen LogP contribution in [0.1, 0.15) is 143 Å². The highest BCUT2D eigenvalue weighted by Gasteiger charge is 2.44. The molecule has 7 heteroatoms. The molecule has 0 amide bonds. The maximum Gasteiger partial charge on any atom is 0.333 e. The van der Waals surface area contributed by atoms with Gasteiger partial charge in [0, 0.05) is 36.9 Å². The lowest BCUT2D eigenvalue weighted by atomic mass is 9.58. The molecule has 0 spiro atoms. The summed E-state index contributed by atoms with van der Waals surface area (Å²) >= 11 is 0. The molecule has 288 valence electrons. The number of carbonyl (C=O) groups excluding carboxylic acids is 2. The monoisotopic (exact) mass is 703 g/mol. The molecule has 3 fully saturated rings. The second-order valence-electron chi connectivity index (χ2n) is 16.6. The molecule has 3 aliphatic rings. The molecule has 0 saturated heterocycles. The van der Waals surface area contributed by atoms with Gasteiger partial charge in [-0.25, -0.2) is 9.59 Å². The number of hydrogen-bond acceptors (Lipinski definition) is 7. The Hall–Kier alpha value is -1.70. The van der Waals surface area contributed by atoms with Gasteiger partial charge in [0.2, 0.25) is 0 Å². The van der Waals surface area contributed by atoms with Crippen molar-refractivity contribution in [1.29, 1.82) is 0 Å². The summed E-state index contributed by atoms with van der Waals surface area (Å²) < 4.78 is 17.8. The molecular formula is C43H74O7. The van der Waals surface area contributed by atoms with E-state index in [9.17, 15) is 19.8 Å². The summed E-state index contributed by atoms with van der Waals surface area (Å²) in [5.74, 6) is 4.69. The highest BCUT2D eigenvalue weighted by atomic mass is 16.5. The Bertz CT molecular complexity index is 969. The first kappa shape index (κ1) is 42.7. The molecule has 50 heavy (non-hydrogen) atoms. The minimum Gasteiger partial charge on any atom is -0.462 e. The van der Waals surface area contributed by atoms with E-state index in [4.69, 9.17) is 14.2 Å². The number of carbonyl (C=O) groups is 2. The van der Waals surface area contributed by atoms with Gasteiger partial charge in [-0.2, -0.15) is 0 Å². The van der Waals surface area contributed by atoms with Crippen LogP contribution >= 0.6 is 0 Å². The summed E-state index contributed by atoms with van der Waals surface area (Å²) in [6.07, 6.45) is 21.4. The van der Waals surface area contributed by atoms with Crippen LogP contribution in [0.2, 0.25) is 0 Å². The molecule has 0 aromatic carbocycles. The minimum atomic E-state index is -0.335. The van der Waals surface area contributed by atoms with Crippen LogP contribution < -0.4 is 0 Å². The number of esters is 2. The van der Waals surface area contributed by atoms with Crippen LogP contribution in [0, 0.1) is 53.3 Å². The maximum absolute atomic E-state index is 12.1. The topological polar surface area (TPSA) is 102 Å². The molecule has 7 nitrogen and oxygen atoms in total. The first-order chi connectivity index (χ1) is 24.1.